The highest BCUT2D eigenvalue weighted by molar-refractivity contribution is 7.16. The van der Waals surface area contributed by atoms with E-state index >= 15 is 0 Å². The van der Waals surface area contributed by atoms with E-state index in [1.807, 2.05) is 0 Å². The molecule has 0 bridgehead atoms. The van der Waals surface area contributed by atoms with Crippen LogP contribution in [0.3, 0.4) is 0 Å². The van der Waals surface area contributed by atoms with Gasteiger partial charge in [0.1, 0.15) is 11.3 Å². The second-order valence-corrected chi connectivity index (χ2v) is 5.92. The summed E-state index contributed by atoms with van der Waals surface area (Å²) >= 11 is 1.43. The predicted molar refractivity (Wildman–Crippen MR) is 65.5 cm³/mol. The standard InChI is InChI=1S/C11H14N4O2S/c16-9(17)11(4-2-1-3-5-11)6-8-14-15-7-12-13-10(15)18-8/h7H,1-6H2,(H,16,17). The molecule has 7 heteroatoms. The fourth-order valence-corrected chi connectivity index (χ4v) is 3.61. The molecule has 0 unspecified atom stereocenters. The molecule has 1 aliphatic carbocycles. The summed E-state index contributed by atoms with van der Waals surface area (Å²) in [5, 5.41) is 22.4. The van der Waals surface area contributed by atoms with Gasteiger partial charge in [0.25, 0.3) is 0 Å². The highest BCUT2D eigenvalue weighted by Crippen LogP contribution is 2.40. The Labute approximate surface area is 108 Å². The first-order valence-electron chi connectivity index (χ1n) is 6.09. The fraction of sp³-hybridized carbons (Fsp3) is 0.636. The van der Waals surface area contributed by atoms with Crippen LogP contribution in [0.15, 0.2) is 6.33 Å². The number of hydrogen-bond donors (Lipinski definition) is 1. The topological polar surface area (TPSA) is 80.4 Å². The lowest BCUT2D eigenvalue weighted by molar-refractivity contribution is -0.151. The van der Waals surface area contributed by atoms with E-state index in [-0.39, 0.29) is 0 Å². The van der Waals surface area contributed by atoms with Crippen molar-refractivity contribution >= 4 is 22.3 Å². The van der Waals surface area contributed by atoms with Gasteiger partial charge in [-0.2, -0.15) is 9.61 Å². The average Bonchev–Trinajstić information content (AvgIpc) is 2.90. The third-order valence-corrected chi connectivity index (χ3v) is 4.60. The molecule has 0 saturated heterocycles. The van der Waals surface area contributed by atoms with E-state index in [0.717, 1.165) is 42.1 Å². The van der Waals surface area contributed by atoms with Gasteiger partial charge in [-0.3, -0.25) is 4.79 Å². The van der Waals surface area contributed by atoms with Gasteiger partial charge < -0.3 is 5.11 Å². The van der Waals surface area contributed by atoms with Crippen LogP contribution < -0.4 is 0 Å². The van der Waals surface area contributed by atoms with Crippen LogP contribution in [0.5, 0.6) is 0 Å². The Bertz CT molecular complexity index is 542. The van der Waals surface area contributed by atoms with Gasteiger partial charge in [-0.15, -0.1) is 10.2 Å². The van der Waals surface area contributed by atoms with E-state index in [9.17, 15) is 9.90 Å². The Morgan fingerprint density at radius 1 is 1.44 bits per heavy atom. The quantitative estimate of drug-likeness (QED) is 0.915. The summed E-state index contributed by atoms with van der Waals surface area (Å²) in [5.74, 6) is -0.687. The van der Waals surface area contributed by atoms with E-state index in [1.165, 1.54) is 11.3 Å². The van der Waals surface area contributed by atoms with Gasteiger partial charge in [0, 0.05) is 6.42 Å². The van der Waals surface area contributed by atoms with Crippen molar-refractivity contribution in [2.75, 3.05) is 0 Å². The van der Waals surface area contributed by atoms with Crippen LogP contribution in [0.4, 0.5) is 0 Å². The molecule has 0 aromatic carbocycles. The summed E-state index contributed by atoms with van der Waals surface area (Å²) in [6.45, 7) is 0. The number of carbonyl (C=O) groups is 1. The summed E-state index contributed by atoms with van der Waals surface area (Å²) in [6.07, 6.45) is 6.69. The van der Waals surface area contributed by atoms with Crippen molar-refractivity contribution in [2.24, 2.45) is 5.41 Å². The number of nitrogens with zero attached hydrogens (tertiary/aromatic N) is 4. The smallest absolute Gasteiger partial charge is 0.310 e. The molecule has 6 nitrogen and oxygen atoms in total. The zero-order valence-electron chi connectivity index (χ0n) is 9.87. The minimum absolute atomic E-state index is 0.510. The van der Waals surface area contributed by atoms with E-state index in [0.29, 0.717) is 6.42 Å². The first kappa shape index (κ1) is 11.6. The lowest BCUT2D eigenvalue weighted by Crippen LogP contribution is -2.35. The molecular weight excluding hydrogens is 252 g/mol. The van der Waals surface area contributed by atoms with Gasteiger partial charge in [-0.1, -0.05) is 30.6 Å². The molecule has 2 aromatic rings. The van der Waals surface area contributed by atoms with Gasteiger partial charge in [0.05, 0.1) is 5.41 Å². The van der Waals surface area contributed by atoms with Crippen LogP contribution in [0, 0.1) is 5.41 Å². The number of fused-ring (bicyclic) bond motifs is 1. The molecule has 2 aromatic heterocycles. The number of carboxylic acids is 1. The highest BCUT2D eigenvalue weighted by atomic mass is 32.1. The van der Waals surface area contributed by atoms with E-state index in [2.05, 4.69) is 15.3 Å². The summed E-state index contributed by atoms with van der Waals surface area (Å²) in [6, 6.07) is 0. The molecule has 3 rings (SSSR count). The lowest BCUT2D eigenvalue weighted by atomic mass is 9.72. The van der Waals surface area contributed by atoms with Crippen LogP contribution in [-0.2, 0) is 11.2 Å². The zero-order chi connectivity index (χ0) is 12.6. The maximum absolute atomic E-state index is 11.6. The first-order chi connectivity index (χ1) is 8.70. The molecule has 0 radical (unpaired) electrons. The Hall–Kier alpha value is -1.50. The molecule has 0 amide bonds. The average molecular weight is 266 g/mol. The summed E-state index contributed by atoms with van der Waals surface area (Å²) in [5.41, 5.74) is -0.623. The number of rotatable bonds is 3. The van der Waals surface area contributed by atoms with Crippen LogP contribution >= 0.6 is 11.3 Å². The maximum Gasteiger partial charge on any atom is 0.310 e. The van der Waals surface area contributed by atoms with Crippen LogP contribution in [-0.4, -0.2) is 30.9 Å². The molecule has 1 N–H and O–H groups in total. The number of hydrogen-bond acceptors (Lipinski definition) is 5. The third-order valence-electron chi connectivity index (χ3n) is 3.68. The van der Waals surface area contributed by atoms with E-state index < -0.39 is 11.4 Å². The van der Waals surface area contributed by atoms with Gasteiger partial charge in [-0.25, -0.2) is 0 Å². The number of aliphatic carboxylic acids is 1. The zero-order valence-corrected chi connectivity index (χ0v) is 10.7. The molecule has 2 heterocycles. The van der Waals surface area contributed by atoms with E-state index in [1.54, 1.807) is 10.8 Å². The second-order valence-electron chi connectivity index (χ2n) is 4.88. The van der Waals surface area contributed by atoms with Crippen molar-refractivity contribution < 1.29 is 9.90 Å². The summed E-state index contributed by atoms with van der Waals surface area (Å²) < 4.78 is 1.61. The van der Waals surface area contributed by atoms with Crippen LogP contribution in [0.2, 0.25) is 0 Å². The summed E-state index contributed by atoms with van der Waals surface area (Å²) in [7, 11) is 0. The van der Waals surface area contributed by atoms with Crippen molar-refractivity contribution in [3.8, 4) is 0 Å². The Balaban J connectivity index is 1.88. The van der Waals surface area contributed by atoms with Crippen LogP contribution in [0.1, 0.15) is 37.1 Å². The Kier molecular flexibility index (Phi) is 2.77. The van der Waals surface area contributed by atoms with Crippen molar-refractivity contribution in [1.29, 1.82) is 0 Å². The molecule has 1 aliphatic rings. The Morgan fingerprint density at radius 3 is 2.89 bits per heavy atom. The van der Waals surface area contributed by atoms with Gasteiger partial charge in [0.2, 0.25) is 4.96 Å². The lowest BCUT2D eigenvalue weighted by Gasteiger charge is -2.32. The molecule has 96 valence electrons. The first-order valence-corrected chi connectivity index (χ1v) is 6.90. The van der Waals surface area contributed by atoms with Crippen molar-refractivity contribution in [2.45, 2.75) is 38.5 Å². The fourth-order valence-electron chi connectivity index (χ4n) is 2.66. The molecular formula is C11H14N4O2S. The largest absolute Gasteiger partial charge is 0.481 e. The monoisotopic (exact) mass is 266 g/mol. The minimum atomic E-state index is -0.687. The maximum atomic E-state index is 11.6. The van der Waals surface area contributed by atoms with Gasteiger partial charge >= 0.3 is 5.97 Å². The molecule has 0 spiro atoms. The highest BCUT2D eigenvalue weighted by Gasteiger charge is 2.40. The summed E-state index contributed by atoms with van der Waals surface area (Å²) in [4.78, 5) is 12.3. The molecule has 1 saturated carbocycles. The van der Waals surface area contributed by atoms with E-state index in [4.69, 9.17) is 0 Å². The minimum Gasteiger partial charge on any atom is -0.481 e. The molecule has 0 atom stereocenters. The normalized spacial score (nSPS) is 19.1. The SMILES string of the molecule is O=C(O)C1(Cc2nn3cnnc3s2)CCCCC1. The van der Waals surface area contributed by atoms with Crippen molar-refractivity contribution in [3.05, 3.63) is 11.3 Å². The molecule has 1 fully saturated rings. The van der Waals surface area contributed by atoms with Gasteiger partial charge in [-0.05, 0) is 12.8 Å². The number of carboxylic acid groups (broad SMARTS) is 1. The molecule has 0 aliphatic heterocycles. The molecule has 18 heavy (non-hydrogen) atoms. The van der Waals surface area contributed by atoms with Gasteiger partial charge in [0.15, 0.2) is 0 Å². The number of aromatic nitrogens is 4. The third kappa shape index (κ3) is 1.88. The van der Waals surface area contributed by atoms with Crippen LogP contribution in [0.25, 0.3) is 4.96 Å². The Morgan fingerprint density at radius 2 is 2.22 bits per heavy atom. The second kappa shape index (κ2) is 4.31. The van der Waals surface area contributed by atoms with Crippen molar-refractivity contribution in [1.82, 2.24) is 19.8 Å². The van der Waals surface area contributed by atoms with Crippen molar-refractivity contribution in [3.63, 3.8) is 0 Å². The predicted octanol–water partition coefficient (Wildman–Crippen LogP) is 1.76.